The van der Waals surface area contributed by atoms with Crippen molar-refractivity contribution in [1.82, 2.24) is 4.98 Å². The average molecular weight is 411 g/mol. The first-order valence-electron chi connectivity index (χ1n) is 8.89. The van der Waals surface area contributed by atoms with Crippen molar-refractivity contribution in [2.75, 3.05) is 0 Å². The number of aromatic nitrogens is 1. The third-order valence-corrected chi connectivity index (χ3v) is 6.40. The maximum Gasteiger partial charge on any atom is 0.296 e. The van der Waals surface area contributed by atoms with Crippen molar-refractivity contribution in [3.05, 3.63) is 71.6 Å². The van der Waals surface area contributed by atoms with Crippen LogP contribution in [0.3, 0.4) is 0 Å². The summed E-state index contributed by atoms with van der Waals surface area (Å²) < 4.78 is 34.0. The van der Waals surface area contributed by atoms with Crippen molar-refractivity contribution in [3.8, 4) is 10.6 Å². The van der Waals surface area contributed by atoms with Crippen LogP contribution >= 0.6 is 11.3 Å². The van der Waals surface area contributed by atoms with Crippen molar-refractivity contribution >= 4 is 37.4 Å². The van der Waals surface area contributed by atoms with Gasteiger partial charge < -0.3 is 0 Å². The molecular weight excluding hydrogens is 392 g/mol. The molecule has 1 heterocycles. The van der Waals surface area contributed by atoms with Gasteiger partial charge in [0.25, 0.3) is 10.1 Å². The fraction of sp³-hybridized carbons (Fsp3) is 0.143. The second-order valence-corrected chi connectivity index (χ2v) is 8.91. The van der Waals surface area contributed by atoms with Gasteiger partial charge in [-0.1, -0.05) is 37.6 Å². The molecular formula is C21H18N2O3S2. The Morgan fingerprint density at radius 1 is 1.07 bits per heavy atom. The van der Waals surface area contributed by atoms with Crippen LogP contribution in [0.15, 0.2) is 70.6 Å². The largest absolute Gasteiger partial charge is 0.296 e. The summed E-state index contributed by atoms with van der Waals surface area (Å²) in [4.78, 5) is 10.1. The van der Waals surface area contributed by atoms with Gasteiger partial charge in [0.05, 0.1) is 31.8 Å². The van der Waals surface area contributed by atoms with Crippen LogP contribution in [0.4, 0.5) is 5.69 Å². The summed E-state index contributed by atoms with van der Waals surface area (Å²) in [5.74, 6) is 0. The Morgan fingerprint density at radius 2 is 1.82 bits per heavy atom. The van der Waals surface area contributed by atoms with Gasteiger partial charge >= 0.3 is 0 Å². The zero-order valence-corrected chi connectivity index (χ0v) is 16.8. The molecule has 2 aliphatic rings. The SMILES string of the molecule is CCCc1cc2nc3ccccc3sc-2cc1=Nc1ccccc1S(=O)(=O)O. The number of para-hydroxylation sites is 2. The van der Waals surface area contributed by atoms with Gasteiger partial charge in [-0.25, -0.2) is 9.98 Å². The molecule has 2 aromatic rings. The summed E-state index contributed by atoms with van der Waals surface area (Å²) in [6.45, 7) is 2.08. The zero-order chi connectivity index (χ0) is 19.7. The second kappa shape index (κ2) is 7.43. The predicted molar refractivity (Wildman–Crippen MR) is 112 cm³/mol. The number of benzene rings is 3. The summed E-state index contributed by atoms with van der Waals surface area (Å²) in [6.07, 6.45) is 1.72. The Balaban J connectivity index is 2.01. The third kappa shape index (κ3) is 3.69. The number of aryl methyl sites for hydroxylation is 1. The Morgan fingerprint density at radius 3 is 2.61 bits per heavy atom. The molecule has 1 aliphatic heterocycles. The van der Waals surface area contributed by atoms with Crippen LogP contribution in [0.25, 0.3) is 20.8 Å². The van der Waals surface area contributed by atoms with Crippen LogP contribution in [0.5, 0.6) is 0 Å². The molecule has 142 valence electrons. The number of fused-ring (bicyclic) bond motifs is 2. The Hall–Kier alpha value is -2.61. The van der Waals surface area contributed by atoms with E-state index in [1.165, 1.54) is 6.07 Å². The highest BCUT2D eigenvalue weighted by Crippen LogP contribution is 2.30. The highest BCUT2D eigenvalue weighted by Gasteiger charge is 2.15. The molecule has 0 radical (unpaired) electrons. The van der Waals surface area contributed by atoms with E-state index < -0.39 is 10.1 Å². The molecule has 4 rings (SSSR count). The lowest BCUT2D eigenvalue weighted by molar-refractivity contribution is 0.483. The minimum Gasteiger partial charge on any atom is -0.282 e. The zero-order valence-electron chi connectivity index (χ0n) is 15.2. The van der Waals surface area contributed by atoms with E-state index in [-0.39, 0.29) is 10.6 Å². The molecule has 0 spiro atoms. The quantitative estimate of drug-likeness (QED) is 0.386. The average Bonchev–Trinajstić information content (AvgIpc) is 2.67. The van der Waals surface area contributed by atoms with Crippen LogP contribution in [0.2, 0.25) is 0 Å². The first-order chi connectivity index (χ1) is 13.5. The Bertz CT molecular complexity index is 1310. The number of hydrogen-bond acceptors (Lipinski definition) is 5. The molecule has 2 aromatic carbocycles. The minimum absolute atomic E-state index is 0.196. The molecule has 1 N–H and O–H groups in total. The summed E-state index contributed by atoms with van der Waals surface area (Å²) in [7, 11) is -4.35. The van der Waals surface area contributed by atoms with Crippen LogP contribution in [0, 0.1) is 0 Å². The van der Waals surface area contributed by atoms with Gasteiger partial charge in [0.2, 0.25) is 0 Å². The molecule has 0 atom stereocenters. The first-order valence-corrected chi connectivity index (χ1v) is 11.1. The van der Waals surface area contributed by atoms with Gasteiger partial charge in [0.15, 0.2) is 0 Å². The van der Waals surface area contributed by atoms with Crippen LogP contribution in [-0.2, 0) is 16.5 Å². The summed E-state index contributed by atoms with van der Waals surface area (Å²) in [5, 5.41) is 0.693. The molecule has 0 saturated carbocycles. The monoisotopic (exact) mass is 410 g/mol. The van der Waals surface area contributed by atoms with E-state index in [1.807, 2.05) is 36.4 Å². The lowest BCUT2D eigenvalue weighted by atomic mass is 10.1. The van der Waals surface area contributed by atoms with E-state index in [0.29, 0.717) is 5.36 Å². The number of hydrogen-bond donors (Lipinski definition) is 1. The van der Waals surface area contributed by atoms with E-state index in [2.05, 4.69) is 11.9 Å². The third-order valence-electron chi connectivity index (χ3n) is 4.39. The highest BCUT2D eigenvalue weighted by molar-refractivity contribution is 7.86. The molecule has 5 nitrogen and oxygen atoms in total. The van der Waals surface area contributed by atoms with Gasteiger partial charge in [-0.15, -0.1) is 11.3 Å². The second-order valence-electron chi connectivity index (χ2n) is 6.43. The summed E-state index contributed by atoms with van der Waals surface area (Å²) >= 11 is 1.62. The van der Waals surface area contributed by atoms with Gasteiger partial charge in [0, 0.05) is 0 Å². The van der Waals surface area contributed by atoms with Crippen LogP contribution in [0.1, 0.15) is 18.9 Å². The minimum atomic E-state index is -4.35. The van der Waals surface area contributed by atoms with E-state index in [4.69, 9.17) is 4.98 Å². The fourth-order valence-electron chi connectivity index (χ4n) is 3.13. The molecule has 0 bridgehead atoms. The smallest absolute Gasteiger partial charge is 0.282 e. The molecule has 7 heteroatoms. The normalized spacial score (nSPS) is 12.7. The highest BCUT2D eigenvalue weighted by atomic mass is 32.2. The lowest BCUT2D eigenvalue weighted by Gasteiger charge is -2.10. The lowest BCUT2D eigenvalue weighted by Crippen LogP contribution is -2.11. The molecule has 0 aromatic heterocycles. The fourth-order valence-corrected chi connectivity index (χ4v) is 4.74. The van der Waals surface area contributed by atoms with Crippen molar-refractivity contribution < 1.29 is 13.0 Å². The number of nitrogens with zero attached hydrogens (tertiary/aromatic N) is 2. The van der Waals surface area contributed by atoms with Gasteiger partial charge in [-0.3, -0.25) is 4.55 Å². The first kappa shape index (κ1) is 18.7. The molecule has 0 saturated heterocycles. The predicted octanol–water partition coefficient (Wildman–Crippen LogP) is 4.83. The van der Waals surface area contributed by atoms with E-state index in [1.54, 1.807) is 29.5 Å². The maximum absolute atomic E-state index is 11.7. The molecule has 0 amide bonds. The molecule has 0 fully saturated rings. The van der Waals surface area contributed by atoms with Crippen molar-refractivity contribution in [1.29, 1.82) is 0 Å². The number of rotatable bonds is 4. The van der Waals surface area contributed by atoms with Gasteiger partial charge in [-0.05, 0) is 48.4 Å². The van der Waals surface area contributed by atoms with Crippen molar-refractivity contribution in [2.24, 2.45) is 4.99 Å². The van der Waals surface area contributed by atoms with Crippen molar-refractivity contribution in [3.63, 3.8) is 0 Å². The topological polar surface area (TPSA) is 79.6 Å². The van der Waals surface area contributed by atoms with Crippen LogP contribution < -0.4 is 5.36 Å². The summed E-state index contributed by atoms with van der Waals surface area (Å²) in [5.41, 5.74) is 3.06. The standard InChI is InChI=1S/C21H18N2O3S2/c1-2-7-14-12-18-20(27-19-10-5-3-8-15(19)22-18)13-17(14)23-16-9-4-6-11-21(16)28(24,25)26/h3-6,8-13H,2,7H2,1H3,(H,24,25,26). The van der Waals surface area contributed by atoms with Gasteiger partial charge in [0.1, 0.15) is 4.90 Å². The molecule has 0 unspecified atom stereocenters. The van der Waals surface area contributed by atoms with E-state index in [9.17, 15) is 13.0 Å². The molecule has 1 aliphatic carbocycles. The van der Waals surface area contributed by atoms with Crippen LogP contribution in [-0.4, -0.2) is 18.0 Å². The van der Waals surface area contributed by atoms with Gasteiger partial charge in [-0.2, -0.15) is 8.42 Å². The maximum atomic E-state index is 11.7. The Labute approximate surface area is 167 Å². The Kier molecular flexibility index (Phi) is 4.97. The van der Waals surface area contributed by atoms with E-state index >= 15 is 0 Å². The van der Waals surface area contributed by atoms with E-state index in [0.717, 1.165) is 39.2 Å². The summed E-state index contributed by atoms with van der Waals surface area (Å²) in [6, 6.07) is 18.1. The van der Waals surface area contributed by atoms with Crippen molar-refractivity contribution in [2.45, 2.75) is 24.7 Å². The molecule has 28 heavy (non-hydrogen) atoms.